The second-order valence-electron chi connectivity index (χ2n) is 6.98. The van der Waals surface area contributed by atoms with Crippen LogP contribution in [-0.2, 0) is 16.9 Å². The molecule has 0 unspecified atom stereocenters. The number of pyridine rings is 1. The minimum Gasteiger partial charge on any atom is -0.444 e. The summed E-state index contributed by atoms with van der Waals surface area (Å²) < 4.78 is 5.24. The highest BCUT2D eigenvalue weighted by Crippen LogP contribution is 2.38. The molecule has 1 aromatic heterocycles. The predicted octanol–water partition coefficient (Wildman–Crippen LogP) is 3.26. The van der Waals surface area contributed by atoms with Gasteiger partial charge in [-0.25, -0.2) is 4.79 Å². The molecule has 0 spiro atoms. The van der Waals surface area contributed by atoms with Gasteiger partial charge in [-0.1, -0.05) is 19.3 Å². The van der Waals surface area contributed by atoms with Crippen molar-refractivity contribution in [3.63, 3.8) is 0 Å². The maximum atomic E-state index is 11.8. The van der Waals surface area contributed by atoms with Gasteiger partial charge >= 0.3 is 6.09 Å². The van der Waals surface area contributed by atoms with Crippen molar-refractivity contribution in [3.8, 4) is 0 Å². The Bertz CT molecular complexity index is 517. The quantitative estimate of drug-likeness (QED) is 0.899. The van der Waals surface area contributed by atoms with Gasteiger partial charge in [0, 0.05) is 18.9 Å². The number of amides is 1. The van der Waals surface area contributed by atoms with E-state index < -0.39 is 17.3 Å². The van der Waals surface area contributed by atoms with Crippen LogP contribution in [0.25, 0.3) is 0 Å². The van der Waals surface area contributed by atoms with Crippen LogP contribution in [0.1, 0.15) is 64.0 Å². The minimum absolute atomic E-state index is 0.306. The molecule has 1 aliphatic carbocycles. The highest BCUT2D eigenvalue weighted by Gasteiger charge is 2.33. The zero-order chi connectivity index (χ0) is 16.2. The lowest BCUT2D eigenvalue weighted by atomic mass is 9.78. The number of hydrogen-bond donors (Lipinski definition) is 2. The maximum absolute atomic E-state index is 11.8. The average molecular weight is 306 g/mol. The molecular formula is C17H26N2O3. The molecule has 2 N–H and O–H groups in total. The van der Waals surface area contributed by atoms with Crippen molar-refractivity contribution in [3.05, 3.63) is 29.6 Å². The van der Waals surface area contributed by atoms with Crippen LogP contribution in [0.5, 0.6) is 0 Å². The number of rotatable bonds is 3. The van der Waals surface area contributed by atoms with E-state index in [2.05, 4.69) is 10.3 Å². The molecule has 1 fully saturated rings. The summed E-state index contributed by atoms with van der Waals surface area (Å²) in [6.45, 7) is 5.78. The van der Waals surface area contributed by atoms with Crippen LogP contribution in [0.4, 0.5) is 4.79 Å². The van der Waals surface area contributed by atoms with Gasteiger partial charge in [0.1, 0.15) is 5.60 Å². The van der Waals surface area contributed by atoms with Gasteiger partial charge in [0.05, 0.1) is 5.60 Å². The number of aromatic nitrogens is 1. The number of alkyl carbamates (subject to hydrolysis) is 1. The highest BCUT2D eigenvalue weighted by molar-refractivity contribution is 5.67. The fraction of sp³-hybridized carbons (Fsp3) is 0.647. The van der Waals surface area contributed by atoms with Gasteiger partial charge in [-0.15, -0.1) is 0 Å². The van der Waals surface area contributed by atoms with Crippen LogP contribution < -0.4 is 5.32 Å². The molecule has 22 heavy (non-hydrogen) atoms. The highest BCUT2D eigenvalue weighted by atomic mass is 16.6. The van der Waals surface area contributed by atoms with Gasteiger partial charge in [-0.2, -0.15) is 0 Å². The SMILES string of the molecule is CC(C)(C)OC(=O)NCc1cnccc1C1(O)CCCCC1. The molecule has 0 aliphatic heterocycles. The second kappa shape index (κ2) is 6.65. The number of ether oxygens (including phenoxy) is 1. The molecule has 5 heteroatoms. The molecular weight excluding hydrogens is 280 g/mol. The van der Waals surface area contributed by atoms with Gasteiger partial charge in [0.2, 0.25) is 0 Å². The lowest BCUT2D eigenvalue weighted by Crippen LogP contribution is -2.34. The summed E-state index contributed by atoms with van der Waals surface area (Å²) in [4.78, 5) is 15.9. The predicted molar refractivity (Wildman–Crippen MR) is 84.3 cm³/mol. The molecule has 0 bridgehead atoms. The molecule has 1 amide bonds. The van der Waals surface area contributed by atoms with E-state index in [4.69, 9.17) is 4.74 Å². The Balaban J connectivity index is 2.07. The summed E-state index contributed by atoms with van der Waals surface area (Å²) in [7, 11) is 0. The van der Waals surface area contributed by atoms with E-state index in [9.17, 15) is 9.90 Å². The van der Waals surface area contributed by atoms with Crippen molar-refractivity contribution in [1.29, 1.82) is 0 Å². The average Bonchev–Trinajstić information content (AvgIpc) is 2.44. The Labute approximate surface area is 132 Å². The third-order valence-electron chi connectivity index (χ3n) is 3.91. The van der Waals surface area contributed by atoms with Crippen LogP contribution in [0, 0.1) is 0 Å². The Morgan fingerprint density at radius 2 is 2.05 bits per heavy atom. The largest absolute Gasteiger partial charge is 0.444 e. The standard InChI is InChI=1S/C17H26N2O3/c1-16(2,3)22-15(20)19-12-13-11-18-10-7-14(13)17(21)8-5-4-6-9-17/h7,10-11,21H,4-6,8-9,12H2,1-3H3,(H,19,20). The van der Waals surface area contributed by atoms with Crippen LogP contribution in [0.15, 0.2) is 18.5 Å². The third kappa shape index (κ3) is 4.44. The van der Waals surface area contributed by atoms with Crippen molar-refractivity contribution in [2.45, 2.75) is 70.6 Å². The molecule has 1 aliphatic rings. The van der Waals surface area contributed by atoms with Gasteiger partial charge < -0.3 is 15.2 Å². The molecule has 122 valence electrons. The molecule has 2 rings (SSSR count). The van der Waals surface area contributed by atoms with E-state index in [0.29, 0.717) is 6.54 Å². The normalized spacial score (nSPS) is 17.8. The van der Waals surface area contributed by atoms with Crippen molar-refractivity contribution in [1.82, 2.24) is 10.3 Å². The molecule has 0 atom stereocenters. The Morgan fingerprint density at radius 3 is 2.68 bits per heavy atom. The van der Waals surface area contributed by atoms with E-state index in [-0.39, 0.29) is 0 Å². The van der Waals surface area contributed by atoms with Gasteiger partial charge in [-0.3, -0.25) is 4.98 Å². The molecule has 0 radical (unpaired) electrons. The lowest BCUT2D eigenvalue weighted by molar-refractivity contribution is -0.00172. The van der Waals surface area contributed by atoms with Gasteiger partial charge in [-0.05, 0) is 50.8 Å². The fourth-order valence-corrected chi connectivity index (χ4v) is 2.91. The molecule has 0 saturated heterocycles. The van der Waals surface area contributed by atoms with Crippen LogP contribution in [0.3, 0.4) is 0 Å². The van der Waals surface area contributed by atoms with Crippen molar-refractivity contribution >= 4 is 6.09 Å². The molecule has 0 aromatic carbocycles. The number of hydrogen-bond acceptors (Lipinski definition) is 4. The molecule has 5 nitrogen and oxygen atoms in total. The first-order chi connectivity index (χ1) is 10.3. The molecule has 1 aromatic rings. The first-order valence-electron chi connectivity index (χ1n) is 7.93. The number of nitrogens with one attached hydrogen (secondary N) is 1. The van der Waals surface area contributed by atoms with E-state index in [1.807, 2.05) is 26.8 Å². The monoisotopic (exact) mass is 306 g/mol. The van der Waals surface area contributed by atoms with E-state index in [0.717, 1.165) is 36.8 Å². The Hall–Kier alpha value is -1.62. The van der Waals surface area contributed by atoms with E-state index in [1.165, 1.54) is 6.42 Å². The first kappa shape index (κ1) is 16.7. The smallest absolute Gasteiger partial charge is 0.407 e. The Kier molecular flexibility index (Phi) is 5.06. The first-order valence-corrected chi connectivity index (χ1v) is 7.93. The summed E-state index contributed by atoms with van der Waals surface area (Å²) in [5.74, 6) is 0. The summed E-state index contributed by atoms with van der Waals surface area (Å²) in [5.41, 5.74) is 0.395. The molecule has 1 heterocycles. The fourth-order valence-electron chi connectivity index (χ4n) is 2.91. The summed E-state index contributed by atoms with van der Waals surface area (Å²) >= 11 is 0. The zero-order valence-electron chi connectivity index (χ0n) is 13.7. The van der Waals surface area contributed by atoms with E-state index >= 15 is 0 Å². The summed E-state index contributed by atoms with van der Waals surface area (Å²) in [6.07, 6.45) is 7.68. The number of carbonyl (C=O) groups is 1. The van der Waals surface area contributed by atoms with Gasteiger partial charge in [0.25, 0.3) is 0 Å². The van der Waals surface area contributed by atoms with Crippen molar-refractivity contribution in [2.24, 2.45) is 0 Å². The lowest BCUT2D eigenvalue weighted by Gasteiger charge is -2.34. The third-order valence-corrected chi connectivity index (χ3v) is 3.91. The minimum atomic E-state index is -0.799. The zero-order valence-corrected chi connectivity index (χ0v) is 13.7. The summed E-state index contributed by atoms with van der Waals surface area (Å²) in [6, 6.07) is 1.86. The number of nitrogens with zero attached hydrogens (tertiary/aromatic N) is 1. The van der Waals surface area contributed by atoms with Gasteiger partial charge in [0.15, 0.2) is 0 Å². The summed E-state index contributed by atoms with van der Waals surface area (Å²) in [5, 5.41) is 13.6. The van der Waals surface area contributed by atoms with Crippen molar-refractivity contribution < 1.29 is 14.6 Å². The number of carbonyl (C=O) groups excluding carboxylic acids is 1. The van der Waals surface area contributed by atoms with Crippen molar-refractivity contribution in [2.75, 3.05) is 0 Å². The van der Waals surface area contributed by atoms with Crippen LogP contribution in [-0.4, -0.2) is 21.8 Å². The topological polar surface area (TPSA) is 71.5 Å². The van der Waals surface area contributed by atoms with Crippen LogP contribution >= 0.6 is 0 Å². The number of aliphatic hydroxyl groups is 1. The maximum Gasteiger partial charge on any atom is 0.407 e. The Morgan fingerprint density at radius 1 is 1.36 bits per heavy atom. The molecule has 1 saturated carbocycles. The van der Waals surface area contributed by atoms with E-state index in [1.54, 1.807) is 12.4 Å². The van der Waals surface area contributed by atoms with Crippen LogP contribution in [0.2, 0.25) is 0 Å². The second-order valence-corrected chi connectivity index (χ2v) is 6.98.